The maximum Gasteiger partial charge on any atom is 0.414 e. The normalized spacial score (nSPS) is 16.6. The van der Waals surface area contributed by atoms with Gasteiger partial charge in [0.2, 0.25) is 11.8 Å². The third-order valence-electron chi connectivity index (χ3n) is 6.56. The number of nitrogens with zero attached hydrogens (tertiary/aromatic N) is 5. The number of carbonyl (C=O) groups is 1. The summed E-state index contributed by atoms with van der Waals surface area (Å²) in [5.74, 6) is 0.539. The second kappa shape index (κ2) is 11.3. The first-order chi connectivity index (χ1) is 19.5. The fourth-order valence-electron chi connectivity index (χ4n) is 4.58. The van der Waals surface area contributed by atoms with Crippen LogP contribution in [0.25, 0.3) is 11.3 Å². The lowest BCUT2D eigenvalue weighted by molar-refractivity contribution is 0.0575. The number of aliphatic hydroxyl groups excluding tert-OH is 1. The molecule has 0 fully saturated rings. The van der Waals surface area contributed by atoms with E-state index in [0.29, 0.717) is 33.6 Å². The molecule has 0 unspecified atom stereocenters. The van der Waals surface area contributed by atoms with Crippen molar-refractivity contribution >= 4 is 36.0 Å². The van der Waals surface area contributed by atoms with Gasteiger partial charge in [-0.1, -0.05) is 6.92 Å². The van der Waals surface area contributed by atoms with E-state index in [0.717, 1.165) is 0 Å². The van der Waals surface area contributed by atoms with Crippen molar-refractivity contribution in [1.82, 2.24) is 15.0 Å². The number of hydrogen-bond donors (Lipinski definition) is 2. The minimum atomic E-state index is -2.61. The second-order valence-electron chi connectivity index (χ2n) is 12.2. The van der Waals surface area contributed by atoms with Gasteiger partial charge in [-0.05, 0) is 83.8 Å². The van der Waals surface area contributed by atoms with Crippen LogP contribution in [0.4, 0.5) is 22.1 Å². The molecule has 0 saturated heterocycles. The SMILES string of the molecule is CC(C)Oc1nc(P(C)(C)=O)ccc1Nc1nccc(-c2cc(C#N)c3c(c2)[C@@](C)(CO)CN3C(=O)OC(C)(C)C)n1. The highest BCUT2D eigenvalue weighted by Gasteiger charge is 2.44. The van der Waals surface area contributed by atoms with Crippen LogP contribution in [-0.2, 0) is 14.7 Å². The fraction of sp³-hybridized carbons (Fsp3) is 0.433. The molecule has 0 radical (unpaired) electrons. The quantitative estimate of drug-likeness (QED) is 0.351. The van der Waals surface area contributed by atoms with Gasteiger partial charge in [0, 0.05) is 23.7 Å². The highest BCUT2D eigenvalue weighted by molar-refractivity contribution is 7.69. The number of aromatic nitrogens is 3. The smallest absolute Gasteiger partial charge is 0.414 e. The first-order valence-corrected chi connectivity index (χ1v) is 16.2. The molecule has 0 bridgehead atoms. The monoisotopic (exact) mass is 592 g/mol. The van der Waals surface area contributed by atoms with Crippen LogP contribution in [0.2, 0.25) is 0 Å². The third-order valence-corrected chi connectivity index (χ3v) is 7.92. The first kappa shape index (κ1) is 30.9. The summed E-state index contributed by atoms with van der Waals surface area (Å²) in [6.45, 7) is 14.1. The summed E-state index contributed by atoms with van der Waals surface area (Å²) in [4.78, 5) is 28.0. The molecular weight excluding hydrogens is 555 g/mol. The van der Waals surface area contributed by atoms with E-state index in [-0.39, 0.29) is 36.6 Å². The van der Waals surface area contributed by atoms with Gasteiger partial charge in [-0.15, -0.1) is 0 Å². The van der Waals surface area contributed by atoms with Gasteiger partial charge in [-0.2, -0.15) is 5.26 Å². The maximum atomic E-state index is 13.1. The van der Waals surface area contributed by atoms with E-state index < -0.39 is 24.3 Å². The lowest BCUT2D eigenvalue weighted by Gasteiger charge is -2.26. The largest absolute Gasteiger partial charge is 0.473 e. The van der Waals surface area contributed by atoms with Gasteiger partial charge in [-0.3, -0.25) is 4.90 Å². The number of fused-ring (bicyclic) bond motifs is 1. The van der Waals surface area contributed by atoms with E-state index in [2.05, 4.69) is 26.3 Å². The van der Waals surface area contributed by atoms with Gasteiger partial charge in [0.1, 0.15) is 29.9 Å². The van der Waals surface area contributed by atoms with Gasteiger partial charge in [-0.25, -0.2) is 19.7 Å². The van der Waals surface area contributed by atoms with Crippen LogP contribution in [0, 0.1) is 11.3 Å². The van der Waals surface area contributed by atoms with E-state index in [9.17, 15) is 19.7 Å². The molecule has 0 saturated carbocycles. The number of amides is 1. The van der Waals surface area contributed by atoms with Crippen LogP contribution in [0.5, 0.6) is 5.88 Å². The minimum Gasteiger partial charge on any atom is -0.473 e. The molecule has 2 N–H and O–H groups in total. The van der Waals surface area contributed by atoms with E-state index in [1.54, 1.807) is 64.6 Å². The molecule has 0 spiro atoms. The molecule has 4 rings (SSSR count). The highest BCUT2D eigenvalue weighted by Crippen LogP contribution is 2.45. The van der Waals surface area contributed by atoms with Crippen molar-refractivity contribution in [3.63, 3.8) is 0 Å². The standard InChI is InChI=1S/C30H37N6O5P/c1-18(2)40-26-23(9-10-24(35-26)42(7,8)39)34-27-32-12-11-22(33-27)19-13-20(15-31)25-21(14-19)30(6,17-37)16-36(25)28(38)41-29(3,4)5/h9-14,18,37H,16-17H2,1-8H3,(H,32,33,34)/t30-/m1/s1. The zero-order valence-corrected chi connectivity index (χ0v) is 26.1. The molecule has 12 heteroatoms. The predicted octanol–water partition coefficient (Wildman–Crippen LogP) is 5.19. The molecule has 1 aliphatic heterocycles. The Balaban J connectivity index is 1.75. The summed E-state index contributed by atoms with van der Waals surface area (Å²) in [5, 5.41) is 23.6. The van der Waals surface area contributed by atoms with Gasteiger partial charge >= 0.3 is 6.09 Å². The minimum absolute atomic E-state index is 0.159. The Labute approximate surface area is 246 Å². The van der Waals surface area contributed by atoms with Crippen molar-refractivity contribution in [2.45, 2.75) is 58.7 Å². The van der Waals surface area contributed by atoms with Crippen molar-refractivity contribution in [1.29, 1.82) is 5.26 Å². The number of rotatable bonds is 7. The number of nitriles is 1. The third kappa shape index (κ3) is 6.56. The lowest BCUT2D eigenvalue weighted by Crippen LogP contribution is -2.40. The molecule has 3 aromatic rings. The Bertz CT molecular complexity index is 1610. The molecule has 11 nitrogen and oxygen atoms in total. The van der Waals surface area contributed by atoms with Crippen molar-refractivity contribution in [2.75, 3.05) is 36.7 Å². The topological polar surface area (TPSA) is 151 Å². The Morgan fingerprint density at radius 3 is 2.55 bits per heavy atom. The van der Waals surface area contributed by atoms with Crippen molar-refractivity contribution in [3.8, 4) is 23.2 Å². The van der Waals surface area contributed by atoms with Gasteiger partial charge in [0.25, 0.3) is 0 Å². The molecule has 1 amide bonds. The summed E-state index contributed by atoms with van der Waals surface area (Å²) in [6, 6.07) is 10.8. The van der Waals surface area contributed by atoms with Crippen molar-refractivity contribution in [3.05, 3.63) is 47.7 Å². The zero-order chi connectivity index (χ0) is 31.0. The van der Waals surface area contributed by atoms with Crippen LogP contribution in [0.1, 0.15) is 52.7 Å². The predicted molar refractivity (Wildman–Crippen MR) is 163 cm³/mol. The summed E-state index contributed by atoms with van der Waals surface area (Å²) >= 11 is 0. The lowest BCUT2D eigenvalue weighted by atomic mass is 9.83. The second-order valence-corrected chi connectivity index (χ2v) is 15.4. The zero-order valence-electron chi connectivity index (χ0n) is 25.2. The molecular formula is C30H37N6O5P. The van der Waals surface area contributed by atoms with Gasteiger partial charge < -0.3 is 24.5 Å². The number of pyridine rings is 1. The van der Waals surface area contributed by atoms with Crippen molar-refractivity contribution in [2.24, 2.45) is 0 Å². The number of carbonyl (C=O) groups excluding carboxylic acids is 1. The van der Waals surface area contributed by atoms with E-state index in [1.165, 1.54) is 4.90 Å². The Morgan fingerprint density at radius 2 is 1.95 bits per heavy atom. The number of anilines is 3. The number of benzene rings is 1. The Morgan fingerprint density at radius 1 is 1.24 bits per heavy atom. The summed E-state index contributed by atoms with van der Waals surface area (Å²) in [7, 11) is -2.61. The average Bonchev–Trinajstić information content (AvgIpc) is 3.21. The summed E-state index contributed by atoms with van der Waals surface area (Å²) in [6.07, 6.45) is 0.824. The number of hydrogen-bond acceptors (Lipinski definition) is 10. The average molecular weight is 593 g/mol. The van der Waals surface area contributed by atoms with Crippen molar-refractivity contribution < 1.29 is 23.9 Å². The number of ether oxygens (including phenoxy) is 2. The molecule has 42 heavy (non-hydrogen) atoms. The molecule has 3 heterocycles. The van der Waals surface area contributed by atoms with Crippen LogP contribution in [-0.4, -0.2) is 64.3 Å². The highest BCUT2D eigenvalue weighted by atomic mass is 31.2. The first-order valence-electron chi connectivity index (χ1n) is 13.6. The van der Waals surface area contributed by atoms with E-state index in [4.69, 9.17) is 9.47 Å². The van der Waals surface area contributed by atoms with E-state index in [1.807, 2.05) is 26.8 Å². The number of aliphatic hydroxyl groups is 1. The van der Waals surface area contributed by atoms with Crippen LogP contribution in [0.3, 0.4) is 0 Å². The fourth-order valence-corrected chi connectivity index (χ4v) is 5.34. The maximum absolute atomic E-state index is 13.1. The Hall–Kier alpha value is -4.00. The van der Waals surface area contributed by atoms with Crippen LogP contribution in [0.15, 0.2) is 36.5 Å². The van der Waals surface area contributed by atoms with Gasteiger partial charge in [0.15, 0.2) is 0 Å². The molecule has 222 valence electrons. The van der Waals surface area contributed by atoms with Crippen LogP contribution >= 0.6 is 7.14 Å². The van der Waals surface area contributed by atoms with Gasteiger partial charge in [0.05, 0.1) is 29.7 Å². The molecule has 1 atom stereocenters. The summed E-state index contributed by atoms with van der Waals surface area (Å²) < 4.78 is 24.1. The molecule has 0 aliphatic carbocycles. The summed E-state index contributed by atoms with van der Waals surface area (Å²) in [5.41, 5.74) is 1.87. The molecule has 1 aliphatic rings. The molecule has 1 aromatic carbocycles. The Kier molecular flexibility index (Phi) is 8.36. The van der Waals surface area contributed by atoms with Crippen LogP contribution < -0.4 is 20.4 Å². The number of nitrogens with one attached hydrogen (secondary N) is 1. The molecule has 2 aromatic heterocycles. The van der Waals surface area contributed by atoms with E-state index >= 15 is 0 Å².